The Kier molecular flexibility index (Phi) is 19.8. The topological polar surface area (TPSA) is 632 Å². The van der Waals surface area contributed by atoms with Crippen molar-refractivity contribution in [3.63, 3.8) is 0 Å². The number of aliphatic hydroxyl groups is 2. The Labute approximate surface area is 536 Å². The third-order valence-electron chi connectivity index (χ3n) is 15.7. The second-order valence-electron chi connectivity index (χ2n) is 22.0. The lowest BCUT2D eigenvalue weighted by atomic mass is 10.2. The van der Waals surface area contributed by atoms with E-state index in [4.69, 9.17) is 88.5 Å². The molecule has 0 amide bonds. The number of nitrogen functional groups attached to an aromatic ring is 5. The minimum Gasteiger partial charge on any atom is -0.394 e. The summed E-state index contributed by atoms with van der Waals surface area (Å²) in [7, 11) is -21.4. The summed E-state index contributed by atoms with van der Waals surface area (Å²) in [6.07, 6.45) is -13.8. The van der Waals surface area contributed by atoms with Crippen LogP contribution in [0.15, 0.2) is 76.5 Å². The first-order chi connectivity index (χ1) is 45.6. The largest absolute Gasteiger partial charge is 0.472 e. The van der Waals surface area contributed by atoms with Gasteiger partial charge in [0, 0.05) is 50.7 Å². The van der Waals surface area contributed by atoms with Gasteiger partial charge in [-0.2, -0.15) is 15.0 Å². The van der Waals surface area contributed by atoms with Crippen molar-refractivity contribution in [3.8, 4) is 0 Å². The Hall–Kier alpha value is -7.10. The van der Waals surface area contributed by atoms with Crippen molar-refractivity contribution in [1.82, 2.24) is 67.7 Å². The number of aliphatic hydroxyl groups excluding tert-OH is 2. The van der Waals surface area contributed by atoms with Gasteiger partial charge in [0.15, 0.2) is 22.9 Å². The maximum atomic E-state index is 14.1. The number of nitrogens with zero attached hydrogens (tertiary/aromatic N) is 14. The number of anilines is 5. The molecule has 0 aliphatic carbocycles. The average molecular weight is 1430 g/mol. The molecule has 5 saturated heterocycles. The van der Waals surface area contributed by atoms with Crippen LogP contribution in [-0.2, 0) is 78.1 Å². The maximum absolute atomic E-state index is 14.1. The van der Waals surface area contributed by atoms with E-state index in [2.05, 4.69) is 44.9 Å². The number of imidazole rings is 2. The van der Waals surface area contributed by atoms with E-state index in [1.54, 1.807) is 0 Å². The summed E-state index contributed by atoms with van der Waals surface area (Å²) in [5.74, 6) is -0.392. The van der Waals surface area contributed by atoms with Crippen molar-refractivity contribution in [2.45, 2.75) is 124 Å². The third-order valence-corrected chi connectivity index (χ3v) is 19.7. The molecule has 0 saturated carbocycles. The Bertz CT molecular complexity index is 4400. The average Bonchev–Trinajstić information content (AvgIpc) is 1.65. The zero-order valence-electron chi connectivity index (χ0n) is 49.3. The Morgan fingerprint density at radius 3 is 1.08 bits per heavy atom. The van der Waals surface area contributed by atoms with Gasteiger partial charge in [-0.15, -0.1) is 0 Å². The summed E-state index contributed by atoms with van der Waals surface area (Å²) in [6.45, 7) is -4.42. The number of nitrogens with two attached hydrogens (primary N) is 5. The lowest BCUT2D eigenvalue weighted by Crippen LogP contribution is -2.32. The third kappa shape index (κ3) is 15.4. The van der Waals surface area contributed by atoms with E-state index in [0.29, 0.717) is 0 Å². The lowest BCUT2D eigenvalue weighted by molar-refractivity contribution is -0.0647. The molecule has 12 rings (SSSR count). The molecule has 96 heavy (non-hydrogen) atoms. The molecule has 5 aliphatic rings. The first-order valence-electron chi connectivity index (χ1n) is 28.7. The van der Waals surface area contributed by atoms with Crippen LogP contribution >= 0.6 is 31.3 Å². The summed E-state index contributed by atoms with van der Waals surface area (Å²) < 4.78 is 134. The quantitative estimate of drug-likeness (QED) is 0.0265. The summed E-state index contributed by atoms with van der Waals surface area (Å²) in [6, 6.07) is 3.69. The normalized spacial score (nSPS) is 30.2. The highest BCUT2D eigenvalue weighted by molar-refractivity contribution is 7.48. The summed E-state index contributed by atoms with van der Waals surface area (Å²) in [5.41, 5.74) is 27.1. The molecule has 49 heteroatoms. The van der Waals surface area contributed by atoms with Gasteiger partial charge in [-0.3, -0.25) is 59.0 Å². The first-order valence-corrected chi connectivity index (χ1v) is 34.6. The highest BCUT2D eigenvalue weighted by atomic mass is 31.2. The van der Waals surface area contributed by atoms with Crippen LogP contribution in [0.2, 0.25) is 0 Å². The molecule has 4 unspecified atom stereocenters. The van der Waals surface area contributed by atoms with Crippen molar-refractivity contribution < 1.29 is 108 Å². The number of rotatable bonds is 26. The van der Waals surface area contributed by atoms with Gasteiger partial charge >= 0.3 is 48.4 Å². The van der Waals surface area contributed by atoms with E-state index in [0.717, 1.165) is 19.9 Å². The van der Waals surface area contributed by atoms with Gasteiger partial charge in [0.25, 0.3) is 0 Å². The van der Waals surface area contributed by atoms with Gasteiger partial charge in [0.05, 0.1) is 51.8 Å². The summed E-state index contributed by atoms with van der Waals surface area (Å²) in [4.78, 5) is 119. The zero-order valence-corrected chi connectivity index (χ0v) is 52.9. The van der Waals surface area contributed by atoms with Crippen LogP contribution in [0.25, 0.3) is 22.3 Å². The van der Waals surface area contributed by atoms with E-state index >= 15 is 0 Å². The molecule has 12 heterocycles. The van der Waals surface area contributed by atoms with E-state index < -0.39 is 193 Å². The molecule has 7 aromatic rings. The molecular formula is C47H61N19O26P4. The number of fused-ring (bicyclic) bond motifs is 2. The van der Waals surface area contributed by atoms with Gasteiger partial charge in [0.1, 0.15) is 127 Å². The van der Waals surface area contributed by atoms with Crippen LogP contribution in [0.3, 0.4) is 0 Å². The van der Waals surface area contributed by atoms with E-state index in [-0.39, 0.29) is 64.3 Å². The number of phosphoric ester groups is 4. The number of phosphoric acid groups is 4. The standard InChI is InChI=1S/C47H61N19O26P4/c48-31-1-4-62(45(69)59-31)35-9-23(90-93(72,73)80-13-27-21(68)7-34(85-27)65-19-57-39-41(51)53-17-55-43(39)65)29(87-35)15-82-95(76,77)92-25-11-37(64-6-3-33(50)61-47(64)71)88-30(25)16-83-96(78,79)91-24-10-36(63-5-2-32(49)60-46(63)70)86-28(24)14-81-94(74,75)89-22-8-38(84-26(22)12-67)66-20-58-40-42(52)54-18-56-44(40)66/h1-6,17-30,34-38,67-68H,7-16H2,(H,72,73)(H,74,75)(H,76,77)(H,78,79)(H2,48,59,69)(H2,49,60,70)(H2,50,61,71)(H2,51,53,55)(H2,52,54,56)/t21-,22-,23-,24-,25-,26+,27+,28+,29+,30+,34+,35+,36+,37+,38+/m0/s1. The molecule has 16 N–H and O–H groups in total. The van der Waals surface area contributed by atoms with E-state index in [1.807, 2.05) is 0 Å². The lowest BCUT2D eigenvalue weighted by Gasteiger charge is -2.25. The van der Waals surface area contributed by atoms with Gasteiger partial charge < -0.3 is 82.1 Å². The number of hydrogen-bond donors (Lipinski definition) is 11. The highest BCUT2D eigenvalue weighted by Crippen LogP contribution is 2.55. The smallest absolute Gasteiger partial charge is 0.394 e. The molecule has 520 valence electrons. The minimum absolute atomic E-state index is 0.0445. The van der Waals surface area contributed by atoms with Crippen LogP contribution in [0.1, 0.15) is 63.2 Å². The fourth-order valence-corrected chi connectivity index (χ4v) is 15.0. The van der Waals surface area contributed by atoms with Gasteiger partial charge in [-0.05, 0) is 18.2 Å². The minimum atomic E-state index is -5.48. The molecule has 45 nitrogen and oxygen atoms in total. The van der Waals surface area contributed by atoms with Gasteiger partial charge in [-0.25, -0.2) is 62.5 Å². The molecule has 5 aliphatic heterocycles. The van der Waals surface area contributed by atoms with Crippen LogP contribution in [0.4, 0.5) is 29.1 Å². The predicted octanol–water partition coefficient (Wildman–Crippen LogP) is -1.85. The Balaban J connectivity index is 0.714. The maximum Gasteiger partial charge on any atom is 0.472 e. The SMILES string of the molecule is Nc1ccn([C@H]2C[C@H](OP(=O)(O)OC[C@H]3O[C@@H](n4ccc(N)nc4=O)C[C@@H]3OP(=O)(O)OC[C@H]3O[C@@H](n4cnc5c(N)ncnc54)C[C@@H]3O)[C@@H](COP(=O)(O)O[C@H]3C[C@H](n4ccc(N)nc4=O)O[C@@H]3COP(=O)(O)O[C@H]3C[C@H](n4cnc5c(N)ncnc54)O[C@@H]3CO)O2)c(=O)n1. The number of ether oxygens (including phenoxy) is 5. The highest BCUT2D eigenvalue weighted by Gasteiger charge is 2.50. The molecule has 0 spiro atoms. The molecular weight excluding hydrogens is 1370 g/mol. The zero-order chi connectivity index (χ0) is 68.2. The fourth-order valence-electron chi connectivity index (χ4n) is 11.2. The van der Waals surface area contributed by atoms with E-state index in [9.17, 15) is 62.4 Å². The molecule has 0 radical (unpaired) electrons. The number of hydrogen-bond acceptors (Lipinski definition) is 36. The summed E-state index contributed by atoms with van der Waals surface area (Å²) >= 11 is 0. The van der Waals surface area contributed by atoms with Crippen LogP contribution in [0.5, 0.6) is 0 Å². The van der Waals surface area contributed by atoms with Crippen molar-refractivity contribution in [3.05, 3.63) is 93.6 Å². The molecule has 7 aromatic heterocycles. The second-order valence-corrected chi connectivity index (χ2v) is 27.6. The second kappa shape index (κ2) is 27.7. The Morgan fingerprint density at radius 1 is 0.438 bits per heavy atom. The van der Waals surface area contributed by atoms with Gasteiger partial charge in [-0.1, -0.05) is 0 Å². The first kappa shape index (κ1) is 68.8. The monoisotopic (exact) mass is 1430 g/mol. The van der Waals surface area contributed by atoms with Crippen LogP contribution in [0, 0.1) is 0 Å². The van der Waals surface area contributed by atoms with Crippen LogP contribution in [-0.4, -0.2) is 192 Å². The molecule has 0 bridgehead atoms. The fraction of sp³-hybridized carbons (Fsp3) is 0.532. The van der Waals surface area contributed by atoms with Crippen molar-refractivity contribution in [2.75, 3.05) is 61.7 Å². The van der Waals surface area contributed by atoms with E-state index in [1.165, 1.54) is 65.0 Å². The molecule has 5 fully saturated rings. The predicted molar refractivity (Wildman–Crippen MR) is 317 cm³/mol. The summed E-state index contributed by atoms with van der Waals surface area (Å²) in [5, 5.41) is 21.1. The Morgan fingerprint density at radius 2 is 0.740 bits per heavy atom. The molecule has 0 aromatic carbocycles. The van der Waals surface area contributed by atoms with Crippen molar-refractivity contribution >= 4 is 82.7 Å². The van der Waals surface area contributed by atoms with Crippen molar-refractivity contribution in [1.29, 1.82) is 0 Å². The number of aromatic nitrogens is 14. The van der Waals surface area contributed by atoms with Gasteiger partial charge in [0.2, 0.25) is 0 Å². The van der Waals surface area contributed by atoms with Crippen molar-refractivity contribution in [2.24, 2.45) is 0 Å². The van der Waals surface area contributed by atoms with Crippen LogP contribution < -0.4 is 45.7 Å². The molecule has 19 atom stereocenters.